The minimum Gasteiger partial charge on any atom is -0.505 e. The number of phenolic OH excluding ortho intramolecular Hbond substituents is 1. The SMILES string of the molecule is CN(C)C[C@H]1CC[C@H](Nc2c(C(=O)C3CCCC3)cnc3ccc(-c4cc(Cl)c(O)c(Cl)c4)cc23)CC1. The number of Topliss-reactive ketones (excluding diaryl/α,β-unsaturated/α-hetero) is 1. The number of nitrogens with one attached hydrogen (secondary N) is 1. The molecule has 2 N–H and O–H groups in total. The molecular formula is C30H35Cl2N3O2. The molecule has 0 bridgehead atoms. The number of carbonyl (C=O) groups excluding carboxylic acids is 1. The molecule has 0 aliphatic heterocycles. The summed E-state index contributed by atoms with van der Waals surface area (Å²) in [6, 6.07) is 9.76. The molecule has 7 heteroatoms. The number of phenols is 1. The Balaban J connectivity index is 1.54. The van der Waals surface area contributed by atoms with Crippen molar-refractivity contribution in [3.63, 3.8) is 0 Å². The molecule has 196 valence electrons. The number of nitrogens with zero attached hydrogens (tertiary/aromatic N) is 2. The molecule has 3 aromatic rings. The Morgan fingerprint density at radius 1 is 1.00 bits per heavy atom. The van der Waals surface area contributed by atoms with Gasteiger partial charge < -0.3 is 15.3 Å². The van der Waals surface area contributed by atoms with Crippen LogP contribution in [0.5, 0.6) is 5.75 Å². The van der Waals surface area contributed by atoms with Crippen LogP contribution in [0.3, 0.4) is 0 Å². The number of hydrogen-bond acceptors (Lipinski definition) is 5. The second-order valence-electron chi connectivity index (χ2n) is 11.0. The van der Waals surface area contributed by atoms with Gasteiger partial charge in [0.2, 0.25) is 0 Å². The summed E-state index contributed by atoms with van der Waals surface area (Å²) in [6.07, 6.45) is 10.4. The van der Waals surface area contributed by atoms with Gasteiger partial charge in [-0.1, -0.05) is 42.1 Å². The Kier molecular flexibility index (Phi) is 7.94. The van der Waals surface area contributed by atoms with Gasteiger partial charge in [0, 0.05) is 30.1 Å². The molecule has 37 heavy (non-hydrogen) atoms. The average molecular weight is 541 g/mol. The monoisotopic (exact) mass is 539 g/mol. The van der Waals surface area contributed by atoms with Crippen molar-refractivity contribution in [3.8, 4) is 16.9 Å². The van der Waals surface area contributed by atoms with E-state index < -0.39 is 0 Å². The number of aromatic hydroxyl groups is 1. The minimum absolute atomic E-state index is 0.0773. The fourth-order valence-corrected chi connectivity index (χ4v) is 6.55. The van der Waals surface area contributed by atoms with E-state index in [0.29, 0.717) is 11.6 Å². The van der Waals surface area contributed by atoms with Gasteiger partial charge >= 0.3 is 0 Å². The lowest BCUT2D eigenvalue weighted by molar-refractivity contribution is 0.0923. The predicted octanol–water partition coefficient (Wildman–Crippen LogP) is 7.82. The Labute approximate surface area is 229 Å². The van der Waals surface area contributed by atoms with Crippen molar-refractivity contribution in [3.05, 3.63) is 52.1 Å². The van der Waals surface area contributed by atoms with Crippen molar-refractivity contribution in [2.24, 2.45) is 11.8 Å². The topological polar surface area (TPSA) is 65.5 Å². The van der Waals surface area contributed by atoms with E-state index >= 15 is 0 Å². The van der Waals surface area contributed by atoms with Crippen molar-refractivity contribution in [1.82, 2.24) is 9.88 Å². The number of carbonyl (C=O) groups is 1. The van der Waals surface area contributed by atoms with Crippen LogP contribution in [0, 0.1) is 11.8 Å². The van der Waals surface area contributed by atoms with E-state index in [1.165, 1.54) is 12.8 Å². The van der Waals surface area contributed by atoms with Crippen LogP contribution < -0.4 is 5.32 Å². The van der Waals surface area contributed by atoms with Gasteiger partial charge in [-0.3, -0.25) is 9.78 Å². The van der Waals surface area contributed by atoms with Crippen molar-refractivity contribution < 1.29 is 9.90 Å². The van der Waals surface area contributed by atoms with E-state index in [9.17, 15) is 9.90 Å². The van der Waals surface area contributed by atoms with Gasteiger partial charge in [0.1, 0.15) is 0 Å². The highest BCUT2D eigenvalue weighted by molar-refractivity contribution is 6.37. The molecule has 2 fully saturated rings. The highest BCUT2D eigenvalue weighted by atomic mass is 35.5. The summed E-state index contributed by atoms with van der Waals surface area (Å²) in [7, 11) is 4.28. The molecule has 5 nitrogen and oxygen atoms in total. The third kappa shape index (κ3) is 5.74. The standard InChI is InChI=1S/C30H35Cl2N3O2/c1-35(2)17-18-7-10-22(11-8-18)34-28-23-13-20(21-14-25(31)30(37)26(32)15-21)9-12-27(23)33-16-24(28)29(36)19-5-3-4-6-19/h9,12-16,18-19,22,37H,3-8,10-11,17H2,1-2H3,(H,33,34)/t18-,22-. The molecule has 5 rings (SSSR count). The Hall–Kier alpha value is -2.34. The Bertz CT molecular complexity index is 1270. The van der Waals surface area contributed by atoms with Crippen LogP contribution >= 0.6 is 23.2 Å². The third-order valence-electron chi connectivity index (χ3n) is 8.03. The van der Waals surface area contributed by atoms with Crippen LogP contribution in [0.25, 0.3) is 22.0 Å². The minimum atomic E-state index is -0.119. The normalized spacial score (nSPS) is 20.6. The number of halogens is 2. The Morgan fingerprint density at radius 3 is 2.32 bits per heavy atom. The van der Waals surface area contributed by atoms with E-state index in [1.54, 1.807) is 18.3 Å². The molecule has 2 aliphatic carbocycles. The van der Waals surface area contributed by atoms with Gasteiger partial charge in [-0.05, 0) is 93.9 Å². The molecule has 0 amide bonds. The molecule has 2 aromatic carbocycles. The summed E-state index contributed by atoms with van der Waals surface area (Å²) in [5.41, 5.74) is 4.15. The third-order valence-corrected chi connectivity index (χ3v) is 8.60. The molecule has 2 aliphatic rings. The first-order valence-corrected chi connectivity index (χ1v) is 14.1. The molecule has 0 unspecified atom stereocenters. The van der Waals surface area contributed by atoms with Crippen LogP contribution in [0.15, 0.2) is 36.5 Å². The maximum absolute atomic E-state index is 13.7. The lowest BCUT2D eigenvalue weighted by atomic mass is 9.85. The number of pyridine rings is 1. The molecule has 0 saturated heterocycles. The first kappa shape index (κ1) is 26.3. The molecule has 1 aromatic heterocycles. The zero-order chi connectivity index (χ0) is 26.1. The second kappa shape index (κ2) is 11.2. The van der Waals surface area contributed by atoms with Crippen molar-refractivity contribution in [2.45, 2.75) is 57.4 Å². The van der Waals surface area contributed by atoms with Crippen LogP contribution in [-0.2, 0) is 0 Å². The summed E-state index contributed by atoms with van der Waals surface area (Å²) in [5.74, 6) is 0.883. The van der Waals surface area contributed by atoms with E-state index in [2.05, 4.69) is 30.4 Å². The number of aromatic nitrogens is 1. The molecular weight excluding hydrogens is 505 g/mol. The zero-order valence-corrected chi connectivity index (χ0v) is 23.1. The van der Waals surface area contributed by atoms with Crippen molar-refractivity contribution in [1.29, 1.82) is 0 Å². The molecule has 2 saturated carbocycles. The van der Waals surface area contributed by atoms with Gasteiger partial charge in [0.05, 0.1) is 26.8 Å². The second-order valence-corrected chi connectivity index (χ2v) is 11.9. The van der Waals surface area contributed by atoms with E-state index in [1.807, 2.05) is 12.1 Å². The number of hydrogen-bond donors (Lipinski definition) is 2. The van der Waals surface area contributed by atoms with Gasteiger partial charge in [-0.25, -0.2) is 0 Å². The van der Waals surface area contributed by atoms with Crippen LogP contribution in [0.4, 0.5) is 5.69 Å². The summed E-state index contributed by atoms with van der Waals surface area (Å²) in [6.45, 7) is 1.12. The van der Waals surface area contributed by atoms with Crippen LogP contribution in [-0.4, -0.2) is 47.5 Å². The number of rotatable bonds is 7. The van der Waals surface area contributed by atoms with Crippen molar-refractivity contribution in [2.75, 3.05) is 26.0 Å². The van der Waals surface area contributed by atoms with Gasteiger partial charge in [0.15, 0.2) is 11.5 Å². The fourth-order valence-electron chi connectivity index (χ4n) is 6.06. The van der Waals surface area contributed by atoms with Crippen LogP contribution in [0.1, 0.15) is 61.7 Å². The van der Waals surface area contributed by atoms with Gasteiger partial charge in [-0.2, -0.15) is 0 Å². The first-order chi connectivity index (χ1) is 17.8. The highest BCUT2D eigenvalue weighted by Gasteiger charge is 2.29. The molecule has 0 radical (unpaired) electrons. The number of benzene rings is 2. The maximum atomic E-state index is 13.7. The number of anilines is 1. The predicted molar refractivity (Wildman–Crippen MR) is 153 cm³/mol. The summed E-state index contributed by atoms with van der Waals surface area (Å²) >= 11 is 12.4. The van der Waals surface area contributed by atoms with Gasteiger partial charge in [-0.15, -0.1) is 0 Å². The molecule has 1 heterocycles. The van der Waals surface area contributed by atoms with E-state index in [4.69, 9.17) is 28.2 Å². The summed E-state index contributed by atoms with van der Waals surface area (Å²) in [4.78, 5) is 20.6. The molecule has 0 spiro atoms. The fraction of sp³-hybridized carbons (Fsp3) is 0.467. The van der Waals surface area contributed by atoms with E-state index in [-0.39, 0.29) is 27.5 Å². The number of ketones is 1. The average Bonchev–Trinajstić information content (AvgIpc) is 3.42. The van der Waals surface area contributed by atoms with E-state index in [0.717, 1.165) is 78.7 Å². The van der Waals surface area contributed by atoms with Crippen LogP contribution in [0.2, 0.25) is 10.0 Å². The zero-order valence-electron chi connectivity index (χ0n) is 21.6. The highest BCUT2D eigenvalue weighted by Crippen LogP contribution is 2.40. The lowest BCUT2D eigenvalue weighted by Gasteiger charge is -2.32. The molecule has 0 atom stereocenters. The summed E-state index contributed by atoms with van der Waals surface area (Å²) in [5, 5.41) is 15.2. The maximum Gasteiger partial charge on any atom is 0.169 e. The lowest BCUT2D eigenvalue weighted by Crippen LogP contribution is -2.31. The number of fused-ring (bicyclic) bond motifs is 1. The quantitative estimate of drug-likeness (QED) is 0.299. The first-order valence-electron chi connectivity index (χ1n) is 13.4. The van der Waals surface area contributed by atoms with Crippen molar-refractivity contribution >= 4 is 45.6 Å². The Morgan fingerprint density at radius 2 is 1.68 bits per heavy atom. The smallest absolute Gasteiger partial charge is 0.169 e. The van der Waals surface area contributed by atoms with Gasteiger partial charge in [0.25, 0.3) is 0 Å². The largest absolute Gasteiger partial charge is 0.505 e. The summed E-state index contributed by atoms with van der Waals surface area (Å²) < 4.78 is 0.